The minimum Gasteiger partial charge on any atom is -0.494 e. The predicted octanol–water partition coefficient (Wildman–Crippen LogP) is 4.32. The van der Waals surface area contributed by atoms with Crippen LogP contribution >= 0.6 is 34.5 Å². The van der Waals surface area contributed by atoms with Crippen LogP contribution in [0.1, 0.15) is 0 Å². The van der Waals surface area contributed by atoms with E-state index in [-0.39, 0.29) is 25.1 Å². The minimum atomic E-state index is -4.18. The van der Waals surface area contributed by atoms with Gasteiger partial charge in [-0.15, -0.1) is 11.3 Å². The molecule has 0 unspecified atom stereocenters. The zero-order valence-corrected chi connectivity index (χ0v) is 24.5. The van der Waals surface area contributed by atoms with Crippen LogP contribution in [0.15, 0.2) is 63.6 Å². The number of halogens is 2. The van der Waals surface area contributed by atoms with Gasteiger partial charge >= 0.3 is 6.03 Å². The molecular formula is C26H25Cl2N5O6S2. The second-order valence-electron chi connectivity index (χ2n) is 9.12. The molecule has 1 aliphatic heterocycles. The number of hydrogen-bond acceptors (Lipinski definition) is 9. The molecule has 4 aromatic rings. The van der Waals surface area contributed by atoms with E-state index in [1.807, 2.05) is 16.9 Å². The SMILES string of the molecule is O=C(Nc1ccc(-n2c(O)c3ccc(NCCN4CCOCC4)cc3cc2=O)cc1)NS(=O)(=O)c1cc(Cl)c(Cl)s1. The van der Waals surface area contributed by atoms with E-state index in [0.717, 1.165) is 67.1 Å². The highest BCUT2D eigenvalue weighted by molar-refractivity contribution is 7.92. The lowest BCUT2D eigenvalue weighted by Crippen LogP contribution is -2.38. The van der Waals surface area contributed by atoms with Crippen molar-refractivity contribution in [2.24, 2.45) is 0 Å². The van der Waals surface area contributed by atoms with Gasteiger partial charge in [-0.25, -0.2) is 22.5 Å². The van der Waals surface area contributed by atoms with Gasteiger partial charge in [-0.1, -0.05) is 23.2 Å². The predicted molar refractivity (Wildman–Crippen MR) is 161 cm³/mol. The second-order valence-corrected chi connectivity index (χ2v) is 13.1. The molecule has 216 valence electrons. The average Bonchev–Trinajstić information content (AvgIpc) is 3.28. The fraction of sp³-hybridized carbons (Fsp3) is 0.231. The number of nitrogens with zero attached hydrogens (tertiary/aromatic N) is 2. The number of morpholine rings is 1. The lowest BCUT2D eigenvalue weighted by Gasteiger charge is -2.26. The van der Waals surface area contributed by atoms with E-state index >= 15 is 0 Å². The lowest BCUT2D eigenvalue weighted by atomic mass is 10.1. The number of benzene rings is 2. The molecule has 0 spiro atoms. The lowest BCUT2D eigenvalue weighted by molar-refractivity contribution is 0.0398. The standard InChI is InChI=1S/C26H25Cl2N5O6S2/c27-21-15-23(40-24(21)28)41(37,38)31-26(36)30-17-1-4-19(5-2-17)33-22(34)14-16-13-18(3-6-20(16)25(33)35)29-7-8-32-9-11-39-12-10-32/h1-6,13-15,29,35H,7-12H2,(H2,30,31,36). The van der Waals surface area contributed by atoms with Crippen molar-refractivity contribution in [2.45, 2.75) is 4.21 Å². The molecule has 15 heteroatoms. The fourth-order valence-electron chi connectivity index (χ4n) is 4.33. The first-order chi connectivity index (χ1) is 19.6. The summed E-state index contributed by atoms with van der Waals surface area (Å²) in [5.74, 6) is -0.231. The number of rotatable bonds is 8. The Morgan fingerprint density at radius 2 is 1.73 bits per heavy atom. The molecule has 0 radical (unpaired) electrons. The van der Waals surface area contributed by atoms with Gasteiger partial charge in [-0.05, 0) is 53.9 Å². The van der Waals surface area contributed by atoms with E-state index in [4.69, 9.17) is 27.9 Å². The van der Waals surface area contributed by atoms with Crippen LogP contribution in [-0.2, 0) is 14.8 Å². The summed E-state index contributed by atoms with van der Waals surface area (Å²) >= 11 is 12.3. The van der Waals surface area contributed by atoms with Crippen LogP contribution < -0.4 is 20.9 Å². The van der Waals surface area contributed by atoms with Crippen molar-refractivity contribution in [3.05, 3.63) is 74.3 Å². The molecule has 0 aliphatic carbocycles. The van der Waals surface area contributed by atoms with Crippen LogP contribution in [0.5, 0.6) is 5.88 Å². The van der Waals surface area contributed by atoms with Crippen molar-refractivity contribution in [1.82, 2.24) is 14.2 Å². The van der Waals surface area contributed by atoms with Crippen LogP contribution in [0.4, 0.5) is 16.2 Å². The molecule has 0 bridgehead atoms. The molecule has 0 saturated carbocycles. The van der Waals surface area contributed by atoms with Gasteiger partial charge in [0.15, 0.2) is 0 Å². The first-order valence-corrected chi connectivity index (χ1v) is 15.5. The van der Waals surface area contributed by atoms with Crippen LogP contribution in [0.3, 0.4) is 0 Å². The van der Waals surface area contributed by atoms with E-state index in [2.05, 4.69) is 15.5 Å². The van der Waals surface area contributed by atoms with Gasteiger partial charge in [0.25, 0.3) is 15.6 Å². The maximum atomic E-state index is 13.0. The Hall–Kier alpha value is -3.33. The maximum Gasteiger partial charge on any atom is 0.333 e. The van der Waals surface area contributed by atoms with Crippen molar-refractivity contribution >= 4 is 72.7 Å². The van der Waals surface area contributed by atoms with Crippen molar-refractivity contribution in [3.8, 4) is 11.6 Å². The molecular weight excluding hydrogens is 613 g/mol. The molecule has 11 nitrogen and oxygen atoms in total. The van der Waals surface area contributed by atoms with Gasteiger partial charge in [0.1, 0.15) is 8.55 Å². The summed E-state index contributed by atoms with van der Waals surface area (Å²) < 4.78 is 33.1. The quantitative estimate of drug-likeness (QED) is 0.224. The number of aromatic hydroxyl groups is 1. The summed E-state index contributed by atoms with van der Waals surface area (Å²) in [6.45, 7) is 4.88. The molecule has 5 rings (SSSR count). The van der Waals surface area contributed by atoms with E-state index in [9.17, 15) is 23.1 Å². The third kappa shape index (κ3) is 6.77. The van der Waals surface area contributed by atoms with Crippen LogP contribution in [0, 0.1) is 0 Å². The number of fused-ring (bicyclic) bond motifs is 1. The highest BCUT2D eigenvalue weighted by Crippen LogP contribution is 2.34. The Labute approximate surface area is 249 Å². The second kappa shape index (κ2) is 12.3. The zero-order valence-electron chi connectivity index (χ0n) is 21.4. The molecule has 2 aromatic carbocycles. The summed E-state index contributed by atoms with van der Waals surface area (Å²) in [4.78, 5) is 27.6. The fourth-order valence-corrected chi connectivity index (χ4v) is 7.12. The third-order valence-corrected chi connectivity index (χ3v) is 10.0. The number of hydrogen-bond donors (Lipinski definition) is 4. The summed E-state index contributed by atoms with van der Waals surface area (Å²) in [6, 6.07) is 13.0. The number of thiophene rings is 1. The molecule has 2 amide bonds. The number of pyridine rings is 1. The number of aromatic nitrogens is 1. The molecule has 0 atom stereocenters. The number of ether oxygens (including phenoxy) is 1. The molecule has 1 fully saturated rings. The van der Waals surface area contributed by atoms with Gasteiger partial charge in [-0.2, -0.15) is 0 Å². The Morgan fingerprint density at radius 1 is 1.02 bits per heavy atom. The summed E-state index contributed by atoms with van der Waals surface area (Å²) in [7, 11) is -4.18. The van der Waals surface area contributed by atoms with Gasteiger partial charge in [-0.3, -0.25) is 9.69 Å². The average molecular weight is 639 g/mol. The van der Waals surface area contributed by atoms with E-state index in [1.165, 1.54) is 30.3 Å². The van der Waals surface area contributed by atoms with Crippen molar-refractivity contribution < 1.29 is 23.1 Å². The Kier molecular flexibility index (Phi) is 8.73. The van der Waals surface area contributed by atoms with Gasteiger partial charge in [0.05, 0.1) is 23.9 Å². The van der Waals surface area contributed by atoms with Crippen LogP contribution in [0.25, 0.3) is 16.5 Å². The van der Waals surface area contributed by atoms with Gasteiger partial charge < -0.3 is 20.5 Å². The number of urea groups is 1. The van der Waals surface area contributed by atoms with Crippen LogP contribution in [0.2, 0.25) is 9.36 Å². The third-order valence-electron chi connectivity index (χ3n) is 6.36. The topological polar surface area (TPSA) is 142 Å². The van der Waals surface area contributed by atoms with Crippen molar-refractivity contribution in [2.75, 3.05) is 50.0 Å². The molecule has 41 heavy (non-hydrogen) atoms. The Bertz CT molecular complexity index is 1730. The summed E-state index contributed by atoms with van der Waals surface area (Å²) in [5, 5.41) is 17.9. The summed E-state index contributed by atoms with van der Waals surface area (Å²) in [5.41, 5.74) is 0.995. The maximum absolute atomic E-state index is 13.0. The highest BCUT2D eigenvalue weighted by atomic mass is 35.5. The zero-order chi connectivity index (χ0) is 29.1. The number of sulfonamides is 1. The smallest absolute Gasteiger partial charge is 0.333 e. The number of nitrogens with one attached hydrogen (secondary N) is 3. The van der Waals surface area contributed by atoms with Crippen LogP contribution in [-0.4, -0.2) is 68.4 Å². The number of amides is 2. The summed E-state index contributed by atoms with van der Waals surface area (Å²) in [6.07, 6.45) is 0. The first kappa shape index (κ1) is 29.2. The highest BCUT2D eigenvalue weighted by Gasteiger charge is 2.22. The Balaban J connectivity index is 1.26. The van der Waals surface area contributed by atoms with Gasteiger partial charge in [0, 0.05) is 49.0 Å². The number of anilines is 2. The normalized spacial score (nSPS) is 14.2. The van der Waals surface area contributed by atoms with Gasteiger partial charge in [0.2, 0.25) is 5.88 Å². The molecule has 1 saturated heterocycles. The Morgan fingerprint density at radius 3 is 2.41 bits per heavy atom. The van der Waals surface area contributed by atoms with E-state index in [0.29, 0.717) is 16.5 Å². The largest absolute Gasteiger partial charge is 0.494 e. The molecule has 1 aliphatic rings. The minimum absolute atomic E-state index is 0.0665. The van der Waals surface area contributed by atoms with Crippen molar-refractivity contribution in [3.63, 3.8) is 0 Å². The monoisotopic (exact) mass is 637 g/mol. The van der Waals surface area contributed by atoms with Crippen molar-refractivity contribution in [1.29, 1.82) is 0 Å². The molecule has 2 aromatic heterocycles. The molecule has 3 heterocycles. The number of carbonyl (C=O) groups is 1. The van der Waals surface area contributed by atoms with E-state index in [1.54, 1.807) is 6.07 Å². The number of carbonyl (C=O) groups excluding carboxylic acids is 1. The van der Waals surface area contributed by atoms with E-state index < -0.39 is 21.6 Å². The molecule has 4 N–H and O–H groups in total. The first-order valence-electron chi connectivity index (χ1n) is 12.4.